The summed E-state index contributed by atoms with van der Waals surface area (Å²) in [6, 6.07) is 0. The molecule has 2 heterocycles. The summed E-state index contributed by atoms with van der Waals surface area (Å²) < 4.78 is 8.66. The number of hydrogen-bond donors (Lipinski definition) is 0. The fourth-order valence-corrected chi connectivity index (χ4v) is 0.555. The van der Waals surface area contributed by atoms with Gasteiger partial charge in [0.15, 0.2) is 11.4 Å². The zero-order valence-electron chi connectivity index (χ0n) is 4.76. The SMILES string of the molecule is c1nonc1-c1cnon1. The molecule has 50 valence electrons. The summed E-state index contributed by atoms with van der Waals surface area (Å²) in [7, 11) is 0. The molecule has 2 aromatic rings. The van der Waals surface area contributed by atoms with Crippen molar-refractivity contribution in [3.05, 3.63) is 12.4 Å². The van der Waals surface area contributed by atoms with Crippen LogP contribution in [0.3, 0.4) is 0 Å². The Morgan fingerprint density at radius 1 is 0.900 bits per heavy atom. The van der Waals surface area contributed by atoms with Crippen LogP contribution in [0.15, 0.2) is 21.7 Å². The van der Waals surface area contributed by atoms with Gasteiger partial charge in [0.05, 0.1) is 0 Å². The van der Waals surface area contributed by atoms with Crippen LogP contribution in [-0.4, -0.2) is 20.6 Å². The minimum atomic E-state index is 0.515. The highest BCUT2D eigenvalue weighted by Gasteiger charge is 2.04. The van der Waals surface area contributed by atoms with Crippen LogP contribution >= 0.6 is 0 Å². The zero-order chi connectivity index (χ0) is 6.81. The second-order valence-electron chi connectivity index (χ2n) is 1.59. The average Bonchev–Trinajstić information content (AvgIpc) is 2.59. The summed E-state index contributed by atoms with van der Waals surface area (Å²) in [5, 5.41) is 13.8. The van der Waals surface area contributed by atoms with E-state index < -0.39 is 0 Å². The molecule has 10 heavy (non-hydrogen) atoms. The molecule has 0 spiro atoms. The molecule has 0 aliphatic rings. The molecule has 0 radical (unpaired) electrons. The molecular formula is C4H2N4O2. The van der Waals surface area contributed by atoms with Crippen molar-refractivity contribution in [3.8, 4) is 11.4 Å². The predicted molar refractivity (Wildman–Crippen MR) is 27.6 cm³/mol. The number of rotatable bonds is 1. The Balaban J connectivity index is 2.48. The van der Waals surface area contributed by atoms with Gasteiger partial charge in [0.25, 0.3) is 0 Å². The molecular weight excluding hydrogens is 136 g/mol. The van der Waals surface area contributed by atoms with E-state index in [1.54, 1.807) is 0 Å². The number of aromatic nitrogens is 4. The number of hydrogen-bond acceptors (Lipinski definition) is 6. The lowest BCUT2D eigenvalue weighted by molar-refractivity contribution is 0.303. The van der Waals surface area contributed by atoms with Gasteiger partial charge >= 0.3 is 0 Å². The largest absolute Gasteiger partial charge is 0.244 e. The van der Waals surface area contributed by atoms with Crippen LogP contribution < -0.4 is 0 Å². The summed E-state index contributed by atoms with van der Waals surface area (Å²) in [5.41, 5.74) is 1.03. The number of nitrogens with zero attached hydrogens (tertiary/aromatic N) is 4. The quantitative estimate of drug-likeness (QED) is 0.556. The first-order chi connectivity index (χ1) is 4.97. The minimum absolute atomic E-state index is 0.515. The molecule has 0 aromatic carbocycles. The van der Waals surface area contributed by atoms with Crippen LogP contribution in [0.5, 0.6) is 0 Å². The third kappa shape index (κ3) is 0.661. The van der Waals surface area contributed by atoms with E-state index in [2.05, 4.69) is 29.9 Å². The first-order valence-corrected chi connectivity index (χ1v) is 2.52. The van der Waals surface area contributed by atoms with Gasteiger partial charge < -0.3 is 0 Å². The first kappa shape index (κ1) is 5.10. The smallest absolute Gasteiger partial charge is 0.158 e. The Morgan fingerprint density at radius 3 is 1.70 bits per heavy atom. The van der Waals surface area contributed by atoms with E-state index in [9.17, 15) is 0 Å². The standard InChI is InChI=1S/C4H2N4O2/c1-3(7-9-5-1)4-2-6-10-8-4/h1-2H. The van der Waals surface area contributed by atoms with Crippen molar-refractivity contribution in [2.24, 2.45) is 0 Å². The molecule has 6 heteroatoms. The normalized spacial score (nSPS) is 10.0. The van der Waals surface area contributed by atoms with Crippen molar-refractivity contribution in [3.63, 3.8) is 0 Å². The van der Waals surface area contributed by atoms with Crippen molar-refractivity contribution in [1.29, 1.82) is 0 Å². The topological polar surface area (TPSA) is 77.8 Å². The molecule has 0 unspecified atom stereocenters. The van der Waals surface area contributed by atoms with E-state index in [1.807, 2.05) is 0 Å². The molecule has 0 N–H and O–H groups in total. The van der Waals surface area contributed by atoms with Crippen LogP contribution in [0, 0.1) is 0 Å². The van der Waals surface area contributed by atoms with Crippen LogP contribution in [0.1, 0.15) is 0 Å². The van der Waals surface area contributed by atoms with Gasteiger partial charge in [0.1, 0.15) is 12.4 Å². The van der Waals surface area contributed by atoms with Crippen LogP contribution in [0.2, 0.25) is 0 Å². The van der Waals surface area contributed by atoms with E-state index in [0.717, 1.165) is 0 Å². The van der Waals surface area contributed by atoms with Crippen LogP contribution in [0.4, 0.5) is 0 Å². The maximum absolute atomic E-state index is 4.33. The van der Waals surface area contributed by atoms with Crippen molar-refractivity contribution < 1.29 is 9.26 Å². The third-order valence-corrected chi connectivity index (χ3v) is 0.985. The highest BCUT2D eigenvalue weighted by molar-refractivity contribution is 5.48. The van der Waals surface area contributed by atoms with Gasteiger partial charge in [-0.05, 0) is 10.3 Å². The Bertz CT molecular complexity index is 255. The molecule has 6 nitrogen and oxygen atoms in total. The minimum Gasteiger partial charge on any atom is -0.244 e. The lowest BCUT2D eigenvalue weighted by atomic mass is 10.4. The van der Waals surface area contributed by atoms with Gasteiger partial charge in [-0.1, -0.05) is 10.3 Å². The monoisotopic (exact) mass is 138 g/mol. The molecule has 0 fully saturated rings. The summed E-state index contributed by atoms with van der Waals surface area (Å²) in [4.78, 5) is 0. The Labute approximate surface area is 54.8 Å². The molecule has 0 amide bonds. The van der Waals surface area contributed by atoms with E-state index in [4.69, 9.17) is 0 Å². The second-order valence-corrected chi connectivity index (χ2v) is 1.59. The van der Waals surface area contributed by atoms with E-state index in [0.29, 0.717) is 11.4 Å². The van der Waals surface area contributed by atoms with Gasteiger partial charge in [-0.3, -0.25) is 0 Å². The summed E-state index contributed by atoms with van der Waals surface area (Å²) in [6.45, 7) is 0. The van der Waals surface area contributed by atoms with E-state index in [1.165, 1.54) is 12.4 Å². The maximum Gasteiger partial charge on any atom is 0.158 e. The summed E-state index contributed by atoms with van der Waals surface area (Å²) in [6.07, 6.45) is 2.86. The fourth-order valence-electron chi connectivity index (χ4n) is 0.555. The second kappa shape index (κ2) is 1.90. The van der Waals surface area contributed by atoms with Crippen molar-refractivity contribution in [2.45, 2.75) is 0 Å². The van der Waals surface area contributed by atoms with Gasteiger partial charge in [-0.15, -0.1) is 0 Å². The maximum atomic E-state index is 4.33. The van der Waals surface area contributed by atoms with Crippen LogP contribution in [-0.2, 0) is 0 Å². The lowest BCUT2D eigenvalue weighted by Crippen LogP contribution is -1.73. The van der Waals surface area contributed by atoms with Gasteiger partial charge in [0, 0.05) is 0 Å². The van der Waals surface area contributed by atoms with Crippen molar-refractivity contribution >= 4 is 0 Å². The van der Waals surface area contributed by atoms with Gasteiger partial charge in [0.2, 0.25) is 0 Å². The van der Waals surface area contributed by atoms with Crippen LogP contribution in [0.25, 0.3) is 11.4 Å². The zero-order valence-corrected chi connectivity index (χ0v) is 4.76. The fraction of sp³-hybridized carbons (Fsp3) is 0. The molecule has 0 bridgehead atoms. The Morgan fingerprint density at radius 2 is 1.40 bits per heavy atom. The Hall–Kier alpha value is -1.72. The van der Waals surface area contributed by atoms with Gasteiger partial charge in [-0.25, -0.2) is 9.26 Å². The predicted octanol–water partition coefficient (Wildman–Crippen LogP) is 0.120. The summed E-state index contributed by atoms with van der Waals surface area (Å²) >= 11 is 0. The van der Waals surface area contributed by atoms with Crippen molar-refractivity contribution in [2.75, 3.05) is 0 Å². The molecule has 2 rings (SSSR count). The average molecular weight is 138 g/mol. The molecule has 0 saturated heterocycles. The molecule has 2 aromatic heterocycles. The first-order valence-electron chi connectivity index (χ1n) is 2.52. The lowest BCUT2D eigenvalue weighted by Gasteiger charge is -1.74. The van der Waals surface area contributed by atoms with E-state index in [-0.39, 0.29) is 0 Å². The van der Waals surface area contributed by atoms with Crippen molar-refractivity contribution in [1.82, 2.24) is 20.6 Å². The summed E-state index contributed by atoms with van der Waals surface area (Å²) in [5.74, 6) is 0. The molecule has 0 aliphatic carbocycles. The highest BCUT2D eigenvalue weighted by Crippen LogP contribution is 2.09. The Kier molecular flexibility index (Phi) is 0.970. The van der Waals surface area contributed by atoms with E-state index >= 15 is 0 Å². The molecule has 0 saturated carbocycles. The third-order valence-electron chi connectivity index (χ3n) is 0.985. The highest BCUT2D eigenvalue weighted by atomic mass is 16.6. The van der Waals surface area contributed by atoms with Gasteiger partial charge in [-0.2, -0.15) is 0 Å². The molecule has 0 aliphatic heterocycles. The molecule has 0 atom stereocenters.